The molecule has 0 aliphatic heterocycles. The maximum atomic E-state index is 13.8. The Kier molecular flexibility index (Phi) is 4.39. The highest BCUT2D eigenvalue weighted by Gasteiger charge is 2.32. The van der Waals surface area contributed by atoms with Crippen molar-refractivity contribution in [2.75, 3.05) is 0 Å². The number of hydrogen-bond donors (Lipinski definition) is 0. The van der Waals surface area contributed by atoms with Gasteiger partial charge in [-0.3, -0.25) is 4.79 Å². The molecular weight excluding hydrogens is 251 g/mol. The van der Waals surface area contributed by atoms with E-state index in [0.717, 1.165) is 25.7 Å². The summed E-state index contributed by atoms with van der Waals surface area (Å²) in [5.41, 5.74) is 0.0875. The molecule has 2 atom stereocenters. The van der Waals surface area contributed by atoms with Gasteiger partial charge < -0.3 is 0 Å². The zero-order chi connectivity index (χ0) is 13.1. The van der Waals surface area contributed by atoms with Crippen LogP contribution >= 0.6 is 11.6 Å². The summed E-state index contributed by atoms with van der Waals surface area (Å²) < 4.78 is 13.8. The molecule has 0 saturated heterocycles. The lowest BCUT2D eigenvalue weighted by molar-refractivity contribution is 0.0816. The van der Waals surface area contributed by atoms with E-state index < -0.39 is 5.82 Å². The smallest absolute Gasteiger partial charge is 0.170 e. The van der Waals surface area contributed by atoms with Gasteiger partial charge >= 0.3 is 0 Å². The van der Waals surface area contributed by atoms with E-state index in [9.17, 15) is 9.18 Å². The molecule has 0 N–H and O–H groups in total. The fourth-order valence-corrected chi connectivity index (χ4v) is 3.22. The SMILES string of the molecule is CCC1CCCCC1C(=O)c1c(F)cccc1Cl. The van der Waals surface area contributed by atoms with Crippen LogP contribution in [-0.4, -0.2) is 5.78 Å². The number of carbonyl (C=O) groups excluding carboxylic acids is 1. The van der Waals surface area contributed by atoms with E-state index in [1.807, 2.05) is 0 Å². The molecule has 0 radical (unpaired) electrons. The Morgan fingerprint density at radius 3 is 2.78 bits per heavy atom. The average molecular weight is 269 g/mol. The van der Waals surface area contributed by atoms with Gasteiger partial charge in [-0.2, -0.15) is 0 Å². The Morgan fingerprint density at radius 2 is 2.11 bits per heavy atom. The van der Waals surface area contributed by atoms with Crippen LogP contribution < -0.4 is 0 Å². The lowest BCUT2D eigenvalue weighted by Gasteiger charge is -2.30. The molecule has 0 spiro atoms. The zero-order valence-electron chi connectivity index (χ0n) is 10.6. The van der Waals surface area contributed by atoms with E-state index in [-0.39, 0.29) is 22.3 Å². The number of halogens is 2. The summed E-state index contributed by atoms with van der Waals surface area (Å²) in [5.74, 6) is -0.280. The summed E-state index contributed by atoms with van der Waals surface area (Å²) in [6.07, 6.45) is 5.13. The number of benzene rings is 1. The molecule has 0 heterocycles. The molecule has 18 heavy (non-hydrogen) atoms. The van der Waals surface area contributed by atoms with Crippen LogP contribution in [0.3, 0.4) is 0 Å². The van der Waals surface area contributed by atoms with E-state index in [4.69, 9.17) is 11.6 Å². The van der Waals surface area contributed by atoms with Gasteiger partial charge in [-0.15, -0.1) is 0 Å². The normalized spacial score (nSPS) is 23.9. The van der Waals surface area contributed by atoms with Crippen LogP contribution in [0.25, 0.3) is 0 Å². The van der Waals surface area contributed by atoms with Crippen molar-refractivity contribution in [1.82, 2.24) is 0 Å². The first kappa shape index (κ1) is 13.5. The molecule has 2 unspecified atom stereocenters. The van der Waals surface area contributed by atoms with Crippen molar-refractivity contribution in [3.8, 4) is 0 Å². The van der Waals surface area contributed by atoms with Crippen LogP contribution in [0, 0.1) is 17.7 Å². The van der Waals surface area contributed by atoms with Crippen LogP contribution in [0.4, 0.5) is 4.39 Å². The lowest BCUT2D eigenvalue weighted by Crippen LogP contribution is -2.27. The maximum Gasteiger partial charge on any atom is 0.170 e. The molecule has 2 rings (SSSR count). The summed E-state index contributed by atoms with van der Waals surface area (Å²) >= 11 is 5.97. The van der Waals surface area contributed by atoms with Gasteiger partial charge in [0.25, 0.3) is 0 Å². The summed E-state index contributed by atoms with van der Waals surface area (Å²) in [7, 11) is 0. The highest BCUT2D eigenvalue weighted by atomic mass is 35.5. The van der Waals surface area contributed by atoms with Crippen LogP contribution in [0.5, 0.6) is 0 Å². The third-order valence-electron chi connectivity index (χ3n) is 3.98. The van der Waals surface area contributed by atoms with Gasteiger partial charge in [0.2, 0.25) is 0 Å². The summed E-state index contributed by atoms with van der Waals surface area (Å²) in [4.78, 5) is 12.5. The van der Waals surface area contributed by atoms with Crippen molar-refractivity contribution < 1.29 is 9.18 Å². The van der Waals surface area contributed by atoms with E-state index >= 15 is 0 Å². The van der Waals surface area contributed by atoms with Gasteiger partial charge in [0.1, 0.15) is 5.82 Å². The number of hydrogen-bond acceptors (Lipinski definition) is 1. The first-order valence-corrected chi connectivity index (χ1v) is 7.01. The highest BCUT2D eigenvalue weighted by molar-refractivity contribution is 6.34. The van der Waals surface area contributed by atoms with Crippen molar-refractivity contribution in [3.63, 3.8) is 0 Å². The molecule has 1 fully saturated rings. The van der Waals surface area contributed by atoms with Gasteiger partial charge in [-0.05, 0) is 30.9 Å². The minimum atomic E-state index is -0.493. The number of rotatable bonds is 3. The summed E-state index contributed by atoms with van der Waals surface area (Å²) in [5, 5.41) is 0.237. The Hall–Kier alpha value is -0.890. The van der Waals surface area contributed by atoms with E-state index in [1.54, 1.807) is 6.07 Å². The van der Waals surface area contributed by atoms with Gasteiger partial charge in [-0.25, -0.2) is 4.39 Å². The predicted molar refractivity (Wildman–Crippen MR) is 71.5 cm³/mol. The molecule has 1 saturated carbocycles. The molecule has 1 nitrogen and oxygen atoms in total. The molecule has 0 bridgehead atoms. The van der Waals surface area contributed by atoms with E-state index in [2.05, 4.69) is 6.92 Å². The standard InChI is InChI=1S/C15H18ClFO/c1-2-10-6-3-4-7-11(10)15(18)14-12(16)8-5-9-13(14)17/h5,8-11H,2-4,6-7H2,1H3. The maximum absolute atomic E-state index is 13.8. The Balaban J connectivity index is 2.30. The molecule has 0 amide bonds. The second-order valence-electron chi connectivity index (χ2n) is 5.02. The molecule has 1 aliphatic carbocycles. The number of Topliss-reactive ketones (excluding diaryl/α,β-unsaturated/α-hetero) is 1. The molecule has 98 valence electrons. The van der Waals surface area contributed by atoms with Gasteiger partial charge in [0, 0.05) is 5.92 Å². The Morgan fingerprint density at radius 1 is 1.39 bits per heavy atom. The quantitative estimate of drug-likeness (QED) is 0.714. The molecule has 3 heteroatoms. The Bertz CT molecular complexity index is 424. The molecule has 1 aromatic rings. The fourth-order valence-electron chi connectivity index (χ4n) is 2.96. The topological polar surface area (TPSA) is 17.1 Å². The van der Waals surface area contributed by atoms with Crippen molar-refractivity contribution in [2.24, 2.45) is 11.8 Å². The van der Waals surface area contributed by atoms with Gasteiger partial charge in [0.15, 0.2) is 5.78 Å². The lowest BCUT2D eigenvalue weighted by atomic mass is 9.74. The largest absolute Gasteiger partial charge is 0.294 e. The minimum absolute atomic E-state index is 0.0573. The molecule has 1 aliphatic rings. The van der Waals surface area contributed by atoms with Gasteiger partial charge in [0.05, 0.1) is 10.6 Å². The highest BCUT2D eigenvalue weighted by Crippen LogP contribution is 2.36. The molecule has 1 aromatic carbocycles. The van der Waals surface area contributed by atoms with E-state index in [1.165, 1.54) is 18.6 Å². The van der Waals surface area contributed by atoms with E-state index in [0.29, 0.717) is 5.92 Å². The number of carbonyl (C=O) groups is 1. The monoisotopic (exact) mass is 268 g/mol. The summed E-state index contributed by atoms with van der Waals surface area (Å²) in [6.45, 7) is 2.10. The van der Waals surface area contributed by atoms with Crippen LogP contribution in [0.2, 0.25) is 5.02 Å². The second-order valence-corrected chi connectivity index (χ2v) is 5.43. The molecule has 0 aromatic heterocycles. The third kappa shape index (κ3) is 2.59. The minimum Gasteiger partial charge on any atom is -0.294 e. The van der Waals surface area contributed by atoms with Crippen molar-refractivity contribution in [2.45, 2.75) is 39.0 Å². The second kappa shape index (κ2) is 5.83. The fraction of sp³-hybridized carbons (Fsp3) is 0.533. The summed E-state index contributed by atoms with van der Waals surface area (Å²) in [6, 6.07) is 4.43. The van der Waals surface area contributed by atoms with Crippen molar-refractivity contribution >= 4 is 17.4 Å². The van der Waals surface area contributed by atoms with Gasteiger partial charge in [-0.1, -0.05) is 43.9 Å². The predicted octanol–water partition coefficient (Wildman–Crippen LogP) is 4.88. The first-order chi connectivity index (χ1) is 8.65. The zero-order valence-corrected chi connectivity index (χ0v) is 11.3. The van der Waals surface area contributed by atoms with Crippen LogP contribution in [-0.2, 0) is 0 Å². The molecular formula is C15H18ClFO. The van der Waals surface area contributed by atoms with Crippen LogP contribution in [0.1, 0.15) is 49.4 Å². The van der Waals surface area contributed by atoms with Crippen molar-refractivity contribution in [3.05, 3.63) is 34.6 Å². The first-order valence-electron chi connectivity index (χ1n) is 6.63. The third-order valence-corrected chi connectivity index (χ3v) is 4.29. The number of ketones is 1. The Labute approximate surface area is 112 Å². The van der Waals surface area contributed by atoms with Crippen molar-refractivity contribution in [1.29, 1.82) is 0 Å². The average Bonchev–Trinajstić information content (AvgIpc) is 2.38. The van der Waals surface area contributed by atoms with Crippen LogP contribution in [0.15, 0.2) is 18.2 Å².